The average Bonchev–Trinajstić information content (AvgIpc) is 3.25. The molecule has 2 fully saturated rings. The Morgan fingerprint density at radius 2 is 1.93 bits per heavy atom. The largest absolute Gasteiger partial charge is 0.367 e. The van der Waals surface area contributed by atoms with Crippen molar-refractivity contribution >= 4 is 17.4 Å². The second-order valence-corrected chi connectivity index (χ2v) is 7.78. The van der Waals surface area contributed by atoms with Crippen molar-refractivity contribution in [2.75, 3.05) is 36.0 Å². The van der Waals surface area contributed by atoms with Gasteiger partial charge in [0.1, 0.15) is 11.6 Å². The number of pyridine rings is 1. The Labute approximate surface area is 165 Å². The number of hydrogen-bond acceptors (Lipinski definition) is 4. The fourth-order valence-electron chi connectivity index (χ4n) is 4.20. The van der Waals surface area contributed by atoms with Crippen LogP contribution >= 0.6 is 0 Å². The van der Waals surface area contributed by atoms with Gasteiger partial charge in [0.2, 0.25) is 0 Å². The zero-order valence-electron chi connectivity index (χ0n) is 16.3. The molecule has 1 N–H and O–H groups in total. The Morgan fingerprint density at radius 1 is 1.14 bits per heavy atom. The van der Waals surface area contributed by atoms with Gasteiger partial charge in [0.25, 0.3) is 5.91 Å². The van der Waals surface area contributed by atoms with E-state index in [1.807, 2.05) is 30.0 Å². The van der Waals surface area contributed by atoms with Crippen LogP contribution in [0, 0.1) is 12.7 Å². The molecule has 0 saturated carbocycles. The van der Waals surface area contributed by atoms with Crippen LogP contribution in [0.25, 0.3) is 0 Å². The maximum atomic E-state index is 14.3. The average molecular weight is 382 g/mol. The van der Waals surface area contributed by atoms with Crippen molar-refractivity contribution < 1.29 is 9.18 Å². The number of hydrogen-bond donors (Lipinski definition) is 1. The van der Waals surface area contributed by atoms with Gasteiger partial charge in [-0.2, -0.15) is 0 Å². The Morgan fingerprint density at radius 3 is 2.75 bits per heavy atom. The number of carbonyl (C=O) groups excluding carboxylic acids is 1. The van der Waals surface area contributed by atoms with Crippen molar-refractivity contribution in [2.24, 2.45) is 0 Å². The molecule has 1 unspecified atom stereocenters. The molecule has 1 aromatic carbocycles. The van der Waals surface area contributed by atoms with E-state index in [1.165, 1.54) is 6.07 Å². The summed E-state index contributed by atoms with van der Waals surface area (Å²) in [4.78, 5) is 21.7. The van der Waals surface area contributed by atoms with Gasteiger partial charge >= 0.3 is 0 Å². The number of carbonyl (C=O) groups is 1. The first-order chi connectivity index (χ1) is 13.6. The van der Waals surface area contributed by atoms with Crippen LogP contribution in [0.2, 0.25) is 0 Å². The first-order valence-corrected chi connectivity index (χ1v) is 10.1. The molecular formula is C22H27FN4O. The van der Waals surface area contributed by atoms with Gasteiger partial charge in [-0.15, -0.1) is 0 Å². The third-order valence-corrected chi connectivity index (χ3v) is 5.64. The number of rotatable bonds is 4. The molecule has 2 aromatic rings. The fraction of sp³-hybridized carbons (Fsp3) is 0.455. The Kier molecular flexibility index (Phi) is 5.46. The van der Waals surface area contributed by atoms with Crippen LogP contribution in [0.5, 0.6) is 0 Å². The number of piperidine rings is 1. The number of benzene rings is 1. The first-order valence-electron chi connectivity index (χ1n) is 10.1. The van der Waals surface area contributed by atoms with E-state index in [4.69, 9.17) is 0 Å². The lowest BCUT2D eigenvalue weighted by Gasteiger charge is -2.35. The summed E-state index contributed by atoms with van der Waals surface area (Å²) in [6.07, 6.45) is 5.83. The highest BCUT2D eigenvalue weighted by Gasteiger charge is 2.26. The number of aryl methyl sites for hydroxylation is 1. The van der Waals surface area contributed by atoms with Crippen molar-refractivity contribution in [1.82, 2.24) is 10.3 Å². The molecule has 0 spiro atoms. The standard InChI is InChI=1S/C22H27FN4O/c1-16-8-9-19(23)20(14-16)27-13-5-6-17(15-27)25-22(28)18-7-4-10-24-21(18)26-11-2-3-12-26/h4,7-10,14,17H,2-3,5-6,11-13,15H2,1H3,(H,25,28). The van der Waals surface area contributed by atoms with Crippen molar-refractivity contribution in [3.63, 3.8) is 0 Å². The molecule has 0 radical (unpaired) electrons. The monoisotopic (exact) mass is 382 g/mol. The van der Waals surface area contributed by atoms with E-state index in [0.717, 1.165) is 56.7 Å². The van der Waals surface area contributed by atoms with Crippen LogP contribution in [-0.4, -0.2) is 43.1 Å². The topological polar surface area (TPSA) is 48.5 Å². The molecule has 4 rings (SSSR count). The molecule has 0 bridgehead atoms. The van der Waals surface area contributed by atoms with Crippen molar-refractivity contribution in [3.8, 4) is 0 Å². The minimum atomic E-state index is -0.207. The van der Waals surface area contributed by atoms with Crippen molar-refractivity contribution in [1.29, 1.82) is 0 Å². The summed E-state index contributed by atoms with van der Waals surface area (Å²) in [5, 5.41) is 3.16. The number of aromatic nitrogens is 1. The van der Waals surface area contributed by atoms with Crippen LogP contribution in [0.1, 0.15) is 41.6 Å². The summed E-state index contributed by atoms with van der Waals surface area (Å²) in [6, 6.07) is 8.83. The molecule has 0 aliphatic carbocycles. The van der Waals surface area contributed by atoms with E-state index >= 15 is 0 Å². The number of amides is 1. The van der Waals surface area contributed by atoms with Gasteiger partial charge in [-0.05, 0) is 62.4 Å². The highest BCUT2D eigenvalue weighted by Crippen LogP contribution is 2.26. The van der Waals surface area contributed by atoms with Crippen LogP contribution in [0.15, 0.2) is 36.5 Å². The van der Waals surface area contributed by atoms with E-state index in [1.54, 1.807) is 12.3 Å². The van der Waals surface area contributed by atoms with Crippen LogP contribution in [0.4, 0.5) is 15.9 Å². The molecule has 1 amide bonds. The van der Waals surface area contributed by atoms with E-state index in [0.29, 0.717) is 17.8 Å². The molecule has 28 heavy (non-hydrogen) atoms. The molecule has 2 aliphatic rings. The maximum absolute atomic E-state index is 14.3. The van der Waals surface area contributed by atoms with Gasteiger partial charge in [0.15, 0.2) is 0 Å². The van der Waals surface area contributed by atoms with Gasteiger partial charge in [-0.3, -0.25) is 4.79 Å². The fourth-order valence-corrected chi connectivity index (χ4v) is 4.20. The lowest BCUT2D eigenvalue weighted by molar-refractivity contribution is 0.0933. The number of anilines is 2. The quantitative estimate of drug-likeness (QED) is 0.879. The van der Waals surface area contributed by atoms with Crippen molar-refractivity contribution in [3.05, 3.63) is 53.5 Å². The molecule has 6 heteroatoms. The molecule has 3 heterocycles. The van der Waals surface area contributed by atoms with Gasteiger partial charge in [0, 0.05) is 38.4 Å². The predicted octanol–water partition coefficient (Wildman–Crippen LogP) is 3.53. The van der Waals surface area contributed by atoms with Gasteiger partial charge < -0.3 is 15.1 Å². The van der Waals surface area contributed by atoms with E-state index in [-0.39, 0.29) is 17.8 Å². The molecule has 1 atom stereocenters. The first kappa shape index (κ1) is 18.7. The molecule has 5 nitrogen and oxygen atoms in total. The SMILES string of the molecule is Cc1ccc(F)c(N2CCCC(NC(=O)c3cccnc3N3CCCC3)C2)c1. The van der Waals surface area contributed by atoms with Crippen LogP contribution in [0.3, 0.4) is 0 Å². The Bertz CT molecular complexity index is 850. The third kappa shape index (κ3) is 3.96. The second-order valence-electron chi connectivity index (χ2n) is 7.78. The summed E-state index contributed by atoms with van der Waals surface area (Å²) in [5.41, 5.74) is 2.29. The Hall–Kier alpha value is -2.63. The zero-order chi connectivity index (χ0) is 19.5. The lowest BCUT2D eigenvalue weighted by atomic mass is 10.0. The van der Waals surface area contributed by atoms with E-state index < -0.39 is 0 Å². The minimum absolute atomic E-state index is 0.00667. The lowest BCUT2D eigenvalue weighted by Crippen LogP contribution is -2.48. The smallest absolute Gasteiger partial charge is 0.255 e. The molecular weight excluding hydrogens is 355 g/mol. The Balaban J connectivity index is 1.47. The van der Waals surface area contributed by atoms with Crippen LogP contribution < -0.4 is 15.1 Å². The number of nitrogens with one attached hydrogen (secondary N) is 1. The normalized spacial score (nSPS) is 19.7. The van der Waals surface area contributed by atoms with Gasteiger partial charge in [0.05, 0.1) is 11.3 Å². The molecule has 2 saturated heterocycles. The second kappa shape index (κ2) is 8.17. The third-order valence-electron chi connectivity index (χ3n) is 5.64. The molecule has 1 aromatic heterocycles. The molecule has 148 valence electrons. The van der Waals surface area contributed by atoms with Gasteiger partial charge in [-0.25, -0.2) is 9.37 Å². The summed E-state index contributed by atoms with van der Waals surface area (Å²) in [7, 11) is 0. The van der Waals surface area contributed by atoms with E-state index in [2.05, 4.69) is 15.2 Å². The molecule has 2 aliphatic heterocycles. The summed E-state index contributed by atoms with van der Waals surface area (Å²) in [6.45, 7) is 5.28. The zero-order valence-corrected chi connectivity index (χ0v) is 16.3. The maximum Gasteiger partial charge on any atom is 0.255 e. The van der Waals surface area contributed by atoms with Gasteiger partial charge in [-0.1, -0.05) is 6.07 Å². The predicted molar refractivity (Wildman–Crippen MR) is 110 cm³/mol. The van der Waals surface area contributed by atoms with Crippen LogP contribution in [-0.2, 0) is 0 Å². The number of halogens is 1. The summed E-state index contributed by atoms with van der Waals surface area (Å²) in [5.74, 6) is 0.475. The van der Waals surface area contributed by atoms with Crippen molar-refractivity contribution in [2.45, 2.75) is 38.6 Å². The summed E-state index contributed by atoms with van der Waals surface area (Å²) >= 11 is 0. The summed E-state index contributed by atoms with van der Waals surface area (Å²) < 4.78 is 14.3. The highest BCUT2D eigenvalue weighted by atomic mass is 19.1. The minimum Gasteiger partial charge on any atom is -0.367 e. The van der Waals surface area contributed by atoms with E-state index in [9.17, 15) is 9.18 Å². The highest BCUT2D eigenvalue weighted by molar-refractivity contribution is 5.99. The number of nitrogens with zero attached hydrogens (tertiary/aromatic N) is 3.